The quantitative estimate of drug-likeness (QED) is 0.892. The van der Waals surface area contributed by atoms with E-state index in [0.29, 0.717) is 17.8 Å². The molecule has 1 N–H and O–H groups in total. The van der Waals surface area contributed by atoms with Gasteiger partial charge < -0.3 is 9.64 Å². The molecule has 0 radical (unpaired) electrons. The standard InChI is InChI=1S/C15H22N4O2/c20-15(12-3-5-16-17-12)19-6-4-14-13(10-19)18(7-8-21-14)9-11-1-2-11/h3,5,11,13-14H,1-2,4,6-10H2,(H,16,17)/t13-,14-/m0/s1. The lowest BCUT2D eigenvalue weighted by molar-refractivity contribution is -0.0989. The Labute approximate surface area is 124 Å². The highest BCUT2D eigenvalue weighted by molar-refractivity contribution is 5.92. The van der Waals surface area contributed by atoms with Crippen molar-refractivity contribution in [3.63, 3.8) is 0 Å². The number of nitrogens with zero attached hydrogens (tertiary/aromatic N) is 3. The van der Waals surface area contributed by atoms with E-state index in [2.05, 4.69) is 15.1 Å². The van der Waals surface area contributed by atoms with Crippen LogP contribution in [0.5, 0.6) is 0 Å². The monoisotopic (exact) mass is 290 g/mol. The molecule has 6 nitrogen and oxygen atoms in total. The van der Waals surface area contributed by atoms with E-state index in [0.717, 1.165) is 38.6 Å². The lowest BCUT2D eigenvalue weighted by Crippen LogP contribution is -2.61. The number of aromatic nitrogens is 2. The number of carbonyl (C=O) groups excluding carboxylic acids is 1. The summed E-state index contributed by atoms with van der Waals surface area (Å²) in [7, 11) is 0. The average molecular weight is 290 g/mol. The first-order chi connectivity index (χ1) is 10.3. The molecule has 114 valence electrons. The van der Waals surface area contributed by atoms with Gasteiger partial charge in [0.05, 0.1) is 18.8 Å². The van der Waals surface area contributed by atoms with Gasteiger partial charge in [-0.15, -0.1) is 0 Å². The zero-order chi connectivity index (χ0) is 14.2. The number of rotatable bonds is 3. The summed E-state index contributed by atoms with van der Waals surface area (Å²) in [6.07, 6.45) is 5.59. The third-order valence-corrected chi connectivity index (χ3v) is 4.91. The molecule has 2 saturated heterocycles. The predicted molar refractivity (Wildman–Crippen MR) is 76.9 cm³/mol. The molecule has 2 atom stereocenters. The first-order valence-electron chi connectivity index (χ1n) is 7.95. The summed E-state index contributed by atoms with van der Waals surface area (Å²) in [4.78, 5) is 17.0. The number of aromatic amines is 1. The zero-order valence-corrected chi connectivity index (χ0v) is 12.2. The van der Waals surface area contributed by atoms with Crippen LogP contribution in [0.4, 0.5) is 0 Å². The number of fused-ring (bicyclic) bond motifs is 1. The van der Waals surface area contributed by atoms with Crippen LogP contribution in [0.25, 0.3) is 0 Å². The van der Waals surface area contributed by atoms with Gasteiger partial charge in [0, 0.05) is 32.4 Å². The second-order valence-corrected chi connectivity index (χ2v) is 6.43. The van der Waals surface area contributed by atoms with Crippen molar-refractivity contribution in [2.45, 2.75) is 31.4 Å². The van der Waals surface area contributed by atoms with Crippen LogP contribution in [0.2, 0.25) is 0 Å². The largest absolute Gasteiger partial charge is 0.375 e. The minimum Gasteiger partial charge on any atom is -0.375 e. The van der Waals surface area contributed by atoms with E-state index in [1.807, 2.05) is 4.90 Å². The fourth-order valence-electron chi connectivity index (χ4n) is 3.53. The second kappa shape index (κ2) is 5.42. The third-order valence-electron chi connectivity index (χ3n) is 4.91. The van der Waals surface area contributed by atoms with Crippen LogP contribution in [0.3, 0.4) is 0 Å². The maximum Gasteiger partial charge on any atom is 0.271 e. The van der Waals surface area contributed by atoms with Gasteiger partial charge in [-0.3, -0.25) is 14.8 Å². The minimum atomic E-state index is 0.0582. The molecule has 0 spiro atoms. The molecule has 1 amide bonds. The number of ether oxygens (including phenoxy) is 1. The van der Waals surface area contributed by atoms with E-state index in [1.54, 1.807) is 12.3 Å². The van der Waals surface area contributed by atoms with Crippen LogP contribution < -0.4 is 0 Å². The fraction of sp³-hybridized carbons (Fsp3) is 0.733. The molecule has 1 aliphatic carbocycles. The van der Waals surface area contributed by atoms with Crippen LogP contribution in [0.1, 0.15) is 29.8 Å². The number of hydrogen-bond acceptors (Lipinski definition) is 4. The molecule has 6 heteroatoms. The van der Waals surface area contributed by atoms with Gasteiger partial charge in [-0.05, 0) is 31.2 Å². The van der Waals surface area contributed by atoms with E-state index in [4.69, 9.17) is 4.74 Å². The first kappa shape index (κ1) is 13.3. The van der Waals surface area contributed by atoms with Crippen LogP contribution in [0, 0.1) is 5.92 Å². The molecule has 1 aromatic heterocycles. The van der Waals surface area contributed by atoms with Crippen molar-refractivity contribution in [1.82, 2.24) is 20.0 Å². The van der Waals surface area contributed by atoms with E-state index in [9.17, 15) is 4.79 Å². The van der Waals surface area contributed by atoms with Crippen molar-refractivity contribution in [2.24, 2.45) is 5.92 Å². The molecule has 1 saturated carbocycles. The summed E-state index contributed by atoms with van der Waals surface area (Å²) in [6, 6.07) is 2.10. The number of carbonyl (C=O) groups is 1. The van der Waals surface area contributed by atoms with Gasteiger partial charge in [0.1, 0.15) is 5.69 Å². The summed E-state index contributed by atoms with van der Waals surface area (Å²) in [5, 5.41) is 6.65. The molecule has 4 rings (SSSR count). The molecule has 3 aliphatic rings. The van der Waals surface area contributed by atoms with E-state index in [1.165, 1.54) is 19.4 Å². The third kappa shape index (κ3) is 2.70. The Morgan fingerprint density at radius 2 is 2.29 bits per heavy atom. The fourth-order valence-corrected chi connectivity index (χ4v) is 3.53. The van der Waals surface area contributed by atoms with Crippen LogP contribution in [-0.4, -0.2) is 70.8 Å². The molecule has 0 unspecified atom stereocenters. The number of piperidine rings is 1. The number of hydrogen-bond donors (Lipinski definition) is 1. The normalized spacial score (nSPS) is 30.2. The molecule has 1 aromatic rings. The molecule has 3 fully saturated rings. The maximum atomic E-state index is 12.5. The summed E-state index contributed by atoms with van der Waals surface area (Å²) in [6.45, 7) is 4.56. The summed E-state index contributed by atoms with van der Waals surface area (Å²) in [5.74, 6) is 0.935. The smallest absolute Gasteiger partial charge is 0.271 e. The SMILES string of the molecule is O=C(c1ccn[nH]1)N1CC[C@@H]2OCCN(CC3CC3)[C@H]2C1. The van der Waals surface area contributed by atoms with Crippen LogP contribution >= 0.6 is 0 Å². The van der Waals surface area contributed by atoms with Gasteiger partial charge in [-0.2, -0.15) is 5.10 Å². The Balaban J connectivity index is 1.46. The zero-order valence-electron chi connectivity index (χ0n) is 12.2. The Kier molecular flexibility index (Phi) is 3.43. The first-order valence-corrected chi connectivity index (χ1v) is 7.95. The highest BCUT2D eigenvalue weighted by Gasteiger charge is 2.40. The van der Waals surface area contributed by atoms with Gasteiger partial charge in [-0.1, -0.05) is 0 Å². The van der Waals surface area contributed by atoms with Gasteiger partial charge >= 0.3 is 0 Å². The van der Waals surface area contributed by atoms with Crippen LogP contribution in [0.15, 0.2) is 12.3 Å². The second-order valence-electron chi connectivity index (χ2n) is 6.43. The van der Waals surface area contributed by atoms with Crippen molar-refractivity contribution in [1.29, 1.82) is 0 Å². The summed E-state index contributed by atoms with van der Waals surface area (Å²) >= 11 is 0. The Hall–Kier alpha value is -1.40. The average Bonchev–Trinajstić information content (AvgIpc) is 3.16. The Morgan fingerprint density at radius 1 is 1.38 bits per heavy atom. The highest BCUT2D eigenvalue weighted by Crippen LogP contribution is 2.33. The summed E-state index contributed by atoms with van der Waals surface area (Å²) in [5.41, 5.74) is 0.582. The lowest BCUT2D eigenvalue weighted by Gasteiger charge is -2.47. The molecule has 0 bridgehead atoms. The van der Waals surface area contributed by atoms with Crippen molar-refractivity contribution in [3.8, 4) is 0 Å². The number of nitrogens with one attached hydrogen (secondary N) is 1. The van der Waals surface area contributed by atoms with Gasteiger partial charge in [0.2, 0.25) is 0 Å². The van der Waals surface area contributed by atoms with Gasteiger partial charge in [-0.25, -0.2) is 0 Å². The molecule has 2 aliphatic heterocycles. The number of likely N-dealkylation sites (tertiary alicyclic amines) is 1. The molecule has 3 heterocycles. The number of H-pyrrole nitrogens is 1. The highest BCUT2D eigenvalue weighted by atomic mass is 16.5. The van der Waals surface area contributed by atoms with Gasteiger partial charge in [0.25, 0.3) is 5.91 Å². The van der Waals surface area contributed by atoms with Gasteiger partial charge in [0.15, 0.2) is 0 Å². The Morgan fingerprint density at radius 3 is 3.05 bits per heavy atom. The Bertz CT molecular complexity index is 500. The van der Waals surface area contributed by atoms with Crippen molar-refractivity contribution >= 4 is 5.91 Å². The number of amides is 1. The summed E-state index contributed by atoms with van der Waals surface area (Å²) < 4.78 is 5.93. The van der Waals surface area contributed by atoms with Crippen LogP contribution in [-0.2, 0) is 4.74 Å². The van der Waals surface area contributed by atoms with E-state index >= 15 is 0 Å². The minimum absolute atomic E-state index is 0.0582. The maximum absolute atomic E-state index is 12.5. The van der Waals surface area contributed by atoms with Crippen molar-refractivity contribution < 1.29 is 9.53 Å². The molecular formula is C15H22N4O2. The lowest BCUT2D eigenvalue weighted by atomic mass is 9.98. The topological polar surface area (TPSA) is 61.5 Å². The molecule has 21 heavy (non-hydrogen) atoms. The molecular weight excluding hydrogens is 268 g/mol. The predicted octanol–water partition coefficient (Wildman–Crippen LogP) is 0.735. The van der Waals surface area contributed by atoms with E-state index in [-0.39, 0.29) is 5.91 Å². The van der Waals surface area contributed by atoms with E-state index < -0.39 is 0 Å². The number of morpholine rings is 1. The molecule has 0 aromatic carbocycles. The van der Waals surface area contributed by atoms with Crippen molar-refractivity contribution in [3.05, 3.63) is 18.0 Å². The van der Waals surface area contributed by atoms with Crippen molar-refractivity contribution in [2.75, 3.05) is 32.8 Å².